The number of fused-ring (bicyclic) bond motifs is 1. The fourth-order valence-corrected chi connectivity index (χ4v) is 6.77. The van der Waals surface area contributed by atoms with Gasteiger partial charge in [-0.1, -0.05) is 39.8 Å². The summed E-state index contributed by atoms with van der Waals surface area (Å²) in [5, 5.41) is 5.76. The Balaban J connectivity index is 1.42. The molecule has 8 nitrogen and oxygen atoms in total. The van der Waals surface area contributed by atoms with Crippen molar-refractivity contribution in [1.29, 1.82) is 0 Å². The van der Waals surface area contributed by atoms with Crippen molar-refractivity contribution in [1.82, 2.24) is 15.2 Å². The second-order valence-corrected chi connectivity index (χ2v) is 14.5. The second-order valence-electron chi connectivity index (χ2n) is 13.6. The lowest BCUT2D eigenvalue weighted by Gasteiger charge is -2.42. The Labute approximate surface area is 242 Å². The predicted molar refractivity (Wildman–Crippen MR) is 158 cm³/mol. The number of thiazole rings is 1. The van der Waals surface area contributed by atoms with Gasteiger partial charge in [-0.2, -0.15) is 0 Å². The molecule has 1 aliphatic carbocycles. The van der Waals surface area contributed by atoms with Gasteiger partial charge in [-0.05, 0) is 74.5 Å². The Morgan fingerprint density at radius 3 is 2.33 bits per heavy atom. The number of alkyl carbamates (subject to hydrolysis) is 1. The van der Waals surface area contributed by atoms with E-state index >= 15 is 0 Å². The van der Waals surface area contributed by atoms with Crippen LogP contribution in [0, 0.1) is 0 Å². The molecule has 1 atom stereocenters. The van der Waals surface area contributed by atoms with Crippen molar-refractivity contribution in [3.63, 3.8) is 0 Å². The number of ether oxygens (including phenoxy) is 1. The lowest BCUT2D eigenvalue weighted by atomic mass is 9.63. The summed E-state index contributed by atoms with van der Waals surface area (Å²) >= 11 is 1.68. The Morgan fingerprint density at radius 2 is 1.73 bits per heavy atom. The number of amides is 3. The maximum Gasteiger partial charge on any atom is 0.408 e. The number of nitrogens with two attached hydrogens (primary N) is 1. The van der Waals surface area contributed by atoms with Crippen LogP contribution >= 0.6 is 11.3 Å². The summed E-state index contributed by atoms with van der Waals surface area (Å²) in [5.74, 6) is -0.722. The monoisotopic (exact) mass is 568 g/mol. The van der Waals surface area contributed by atoms with Crippen LogP contribution in [0.15, 0.2) is 23.6 Å². The number of aromatic nitrogens is 1. The highest BCUT2D eigenvalue weighted by molar-refractivity contribution is 7.10. The molecule has 1 aliphatic heterocycles. The van der Waals surface area contributed by atoms with Crippen molar-refractivity contribution >= 4 is 29.2 Å². The molecule has 40 heavy (non-hydrogen) atoms. The molecule has 3 amide bonds. The van der Waals surface area contributed by atoms with E-state index in [1.807, 2.05) is 0 Å². The van der Waals surface area contributed by atoms with Gasteiger partial charge < -0.3 is 20.7 Å². The minimum atomic E-state index is -1.05. The molecule has 3 N–H and O–H groups in total. The molecule has 0 unspecified atom stereocenters. The molecule has 2 aromatic rings. The van der Waals surface area contributed by atoms with Gasteiger partial charge in [0.05, 0.1) is 17.1 Å². The summed E-state index contributed by atoms with van der Waals surface area (Å²) in [5.41, 5.74) is 9.99. The van der Waals surface area contributed by atoms with E-state index in [0.29, 0.717) is 13.1 Å². The van der Waals surface area contributed by atoms with Gasteiger partial charge in [-0.25, -0.2) is 9.78 Å². The quantitative estimate of drug-likeness (QED) is 0.468. The van der Waals surface area contributed by atoms with Gasteiger partial charge >= 0.3 is 6.09 Å². The van der Waals surface area contributed by atoms with Crippen LogP contribution in [-0.4, -0.2) is 52.5 Å². The summed E-state index contributed by atoms with van der Waals surface area (Å²) in [4.78, 5) is 43.8. The molecule has 218 valence electrons. The molecule has 2 heterocycles. The van der Waals surface area contributed by atoms with E-state index in [1.54, 1.807) is 37.0 Å². The van der Waals surface area contributed by atoms with Gasteiger partial charge in [-0.15, -0.1) is 11.3 Å². The Hall–Kier alpha value is -2.94. The van der Waals surface area contributed by atoms with Crippen LogP contribution in [0.4, 0.5) is 4.79 Å². The third-order valence-corrected chi connectivity index (χ3v) is 9.23. The van der Waals surface area contributed by atoms with Gasteiger partial charge in [0.25, 0.3) is 0 Å². The lowest BCUT2D eigenvalue weighted by molar-refractivity contribution is -0.136. The van der Waals surface area contributed by atoms with E-state index in [-0.39, 0.29) is 29.1 Å². The molecule has 2 aliphatic rings. The average Bonchev–Trinajstić information content (AvgIpc) is 3.35. The number of nitrogens with one attached hydrogen (secondary N) is 1. The zero-order chi connectivity index (χ0) is 29.5. The fraction of sp³-hybridized carbons (Fsp3) is 0.613. The molecule has 0 saturated carbocycles. The number of carbonyl (C=O) groups excluding carboxylic acids is 3. The first-order valence-corrected chi connectivity index (χ1v) is 15.1. The summed E-state index contributed by atoms with van der Waals surface area (Å²) in [7, 11) is 0. The van der Waals surface area contributed by atoms with Crippen LogP contribution in [-0.2, 0) is 25.2 Å². The number of benzene rings is 1. The Bertz CT molecular complexity index is 1270. The van der Waals surface area contributed by atoms with Crippen molar-refractivity contribution < 1.29 is 19.1 Å². The van der Waals surface area contributed by atoms with Gasteiger partial charge in [0.1, 0.15) is 11.6 Å². The summed E-state index contributed by atoms with van der Waals surface area (Å²) in [6, 6.07) is 5.79. The highest BCUT2D eigenvalue weighted by Crippen LogP contribution is 2.47. The van der Waals surface area contributed by atoms with E-state index in [2.05, 4.69) is 56.6 Å². The van der Waals surface area contributed by atoms with E-state index in [0.717, 1.165) is 29.1 Å². The highest BCUT2D eigenvalue weighted by Gasteiger charge is 2.37. The number of piperidine rings is 1. The Kier molecular flexibility index (Phi) is 8.37. The normalized spacial score (nSPS) is 19.4. The zero-order valence-corrected chi connectivity index (χ0v) is 25.7. The second kappa shape index (κ2) is 11.1. The van der Waals surface area contributed by atoms with Gasteiger partial charge in [-0.3, -0.25) is 9.59 Å². The molecule has 1 saturated heterocycles. The topological polar surface area (TPSA) is 115 Å². The first-order chi connectivity index (χ1) is 18.6. The van der Waals surface area contributed by atoms with Gasteiger partial charge in [0.2, 0.25) is 11.8 Å². The first kappa shape index (κ1) is 30.0. The maximum absolute atomic E-state index is 13.2. The van der Waals surface area contributed by atoms with Crippen LogP contribution < -0.4 is 11.1 Å². The SMILES string of the molecule is CC(C)(C)OC(=O)N[C@@H](CC(N)=O)C(=O)N1CCC(c2nc(-c3ccc4c(c3)C(C)(C)CCC4(C)C)cs2)CC1. The van der Waals surface area contributed by atoms with Crippen LogP contribution in [0.3, 0.4) is 0 Å². The number of primary amides is 1. The van der Waals surface area contributed by atoms with E-state index < -0.39 is 23.6 Å². The van der Waals surface area contributed by atoms with Crippen LogP contribution in [0.2, 0.25) is 0 Å². The number of likely N-dealkylation sites (tertiary alicyclic amines) is 1. The average molecular weight is 569 g/mol. The number of hydrogen-bond acceptors (Lipinski definition) is 6. The van der Waals surface area contributed by atoms with Crippen LogP contribution in [0.5, 0.6) is 0 Å². The lowest BCUT2D eigenvalue weighted by Crippen LogP contribution is -2.52. The van der Waals surface area contributed by atoms with Crippen LogP contribution in [0.25, 0.3) is 11.3 Å². The van der Waals surface area contributed by atoms with E-state index in [9.17, 15) is 14.4 Å². The fourth-order valence-electron chi connectivity index (χ4n) is 5.77. The number of rotatable bonds is 6. The summed E-state index contributed by atoms with van der Waals surface area (Å²) < 4.78 is 5.27. The molecule has 1 fully saturated rings. The number of carbonyl (C=O) groups is 3. The number of hydrogen-bond donors (Lipinski definition) is 2. The number of nitrogens with zero attached hydrogens (tertiary/aromatic N) is 2. The third kappa shape index (κ3) is 6.85. The summed E-state index contributed by atoms with van der Waals surface area (Å²) in [6.45, 7) is 15.6. The van der Waals surface area contributed by atoms with E-state index in [1.165, 1.54) is 24.0 Å². The van der Waals surface area contributed by atoms with Gasteiger partial charge in [0.15, 0.2) is 0 Å². The van der Waals surface area contributed by atoms with Crippen molar-refractivity contribution in [3.05, 3.63) is 39.7 Å². The van der Waals surface area contributed by atoms with Crippen molar-refractivity contribution in [2.24, 2.45) is 5.73 Å². The first-order valence-electron chi connectivity index (χ1n) is 14.2. The largest absolute Gasteiger partial charge is 0.444 e. The van der Waals surface area contributed by atoms with Crippen molar-refractivity contribution in [2.45, 2.75) is 109 Å². The molecule has 4 rings (SSSR count). The molecule has 0 bridgehead atoms. The minimum absolute atomic E-state index is 0.143. The van der Waals surface area contributed by atoms with Crippen LogP contribution in [0.1, 0.15) is 103 Å². The molecule has 1 aromatic carbocycles. The zero-order valence-electron chi connectivity index (χ0n) is 24.9. The van der Waals surface area contributed by atoms with Gasteiger partial charge in [0, 0.05) is 30.0 Å². The molecular formula is C31H44N4O4S. The minimum Gasteiger partial charge on any atom is -0.444 e. The Morgan fingerprint density at radius 1 is 1.10 bits per heavy atom. The smallest absolute Gasteiger partial charge is 0.408 e. The van der Waals surface area contributed by atoms with Crippen molar-refractivity contribution in [3.8, 4) is 11.3 Å². The van der Waals surface area contributed by atoms with Crippen molar-refractivity contribution in [2.75, 3.05) is 13.1 Å². The van der Waals surface area contributed by atoms with E-state index in [4.69, 9.17) is 15.5 Å². The predicted octanol–water partition coefficient (Wildman–Crippen LogP) is 5.63. The molecule has 0 spiro atoms. The summed E-state index contributed by atoms with van der Waals surface area (Å²) in [6.07, 6.45) is 2.87. The standard InChI is InChI=1S/C31H44N4O4S/c1-29(2,3)39-28(38)34-23(17-25(32)36)27(37)35-14-10-19(11-15-35)26-33-24(18-40-26)20-8-9-21-22(16-20)31(6,7)13-12-30(21,4)5/h8-9,16,18-19,23H,10-15,17H2,1-7H3,(H2,32,36)(H,34,38)/t23-/m0/s1. The molecule has 0 radical (unpaired) electrons. The highest BCUT2D eigenvalue weighted by atomic mass is 32.1. The maximum atomic E-state index is 13.2. The third-order valence-electron chi connectivity index (χ3n) is 8.22. The molecule has 9 heteroatoms. The molecule has 1 aromatic heterocycles. The molecular weight excluding hydrogens is 524 g/mol.